The number of aromatic nitrogens is 1. The number of amides is 2. The van der Waals surface area contributed by atoms with E-state index in [2.05, 4.69) is 17.2 Å². The first kappa shape index (κ1) is 22.5. The van der Waals surface area contributed by atoms with Crippen LogP contribution in [0, 0.1) is 0 Å². The lowest BCUT2D eigenvalue weighted by Crippen LogP contribution is -2.35. The number of anilines is 1. The molecule has 0 radical (unpaired) electrons. The summed E-state index contributed by atoms with van der Waals surface area (Å²) in [5.41, 5.74) is 0.708. The molecule has 0 aliphatic rings. The SMILES string of the molecule is CCCCCN(Cc1nc(C(=O)OCC)cs1)C(=O)Nc1cccc(Cl)c1Cl. The Hall–Kier alpha value is -1.83. The summed E-state index contributed by atoms with van der Waals surface area (Å²) in [6, 6.07) is 4.77. The van der Waals surface area contributed by atoms with Gasteiger partial charge in [-0.1, -0.05) is 49.0 Å². The summed E-state index contributed by atoms with van der Waals surface area (Å²) in [5.74, 6) is -0.460. The van der Waals surface area contributed by atoms with Crippen molar-refractivity contribution in [2.45, 2.75) is 39.7 Å². The summed E-state index contributed by atoms with van der Waals surface area (Å²) >= 11 is 13.5. The van der Waals surface area contributed by atoms with Gasteiger partial charge in [0.25, 0.3) is 0 Å². The molecule has 0 aliphatic carbocycles. The summed E-state index contributed by atoms with van der Waals surface area (Å²) in [4.78, 5) is 30.6. The number of carbonyl (C=O) groups excluding carboxylic acids is 2. The van der Waals surface area contributed by atoms with Crippen LogP contribution in [0.3, 0.4) is 0 Å². The molecule has 28 heavy (non-hydrogen) atoms. The van der Waals surface area contributed by atoms with E-state index in [1.165, 1.54) is 11.3 Å². The third-order valence-electron chi connectivity index (χ3n) is 3.87. The van der Waals surface area contributed by atoms with E-state index in [0.29, 0.717) is 27.3 Å². The summed E-state index contributed by atoms with van der Waals surface area (Å²) in [6.07, 6.45) is 2.91. The lowest BCUT2D eigenvalue weighted by molar-refractivity contribution is 0.0520. The molecule has 1 aromatic heterocycles. The molecule has 1 heterocycles. The summed E-state index contributed by atoms with van der Waals surface area (Å²) in [6.45, 7) is 4.98. The highest BCUT2D eigenvalue weighted by molar-refractivity contribution is 7.09. The van der Waals surface area contributed by atoms with Gasteiger partial charge in [0.2, 0.25) is 0 Å². The quantitative estimate of drug-likeness (QED) is 0.389. The molecular weight excluding hydrogens is 421 g/mol. The van der Waals surface area contributed by atoms with Crippen molar-refractivity contribution in [3.63, 3.8) is 0 Å². The van der Waals surface area contributed by atoms with E-state index in [1.54, 1.807) is 35.4 Å². The number of hydrogen-bond acceptors (Lipinski definition) is 5. The Kier molecular flexibility index (Phi) is 9.02. The van der Waals surface area contributed by atoms with Gasteiger partial charge in [-0.05, 0) is 25.5 Å². The molecule has 1 aromatic carbocycles. The first-order chi connectivity index (χ1) is 13.5. The van der Waals surface area contributed by atoms with Gasteiger partial charge < -0.3 is 15.0 Å². The number of rotatable bonds is 9. The molecule has 0 spiro atoms. The van der Waals surface area contributed by atoms with E-state index in [9.17, 15) is 9.59 Å². The smallest absolute Gasteiger partial charge is 0.357 e. The van der Waals surface area contributed by atoms with Crippen LogP contribution >= 0.6 is 34.5 Å². The molecule has 0 fully saturated rings. The number of nitrogens with zero attached hydrogens (tertiary/aromatic N) is 2. The van der Waals surface area contributed by atoms with E-state index in [1.807, 2.05) is 0 Å². The molecule has 0 atom stereocenters. The first-order valence-electron chi connectivity index (χ1n) is 9.07. The minimum Gasteiger partial charge on any atom is -0.461 e. The minimum absolute atomic E-state index is 0.258. The number of nitrogens with one attached hydrogen (secondary N) is 1. The minimum atomic E-state index is -0.460. The molecule has 2 rings (SSSR count). The number of carbonyl (C=O) groups is 2. The molecule has 2 aromatic rings. The van der Waals surface area contributed by atoms with Crippen LogP contribution in [-0.4, -0.2) is 35.0 Å². The summed E-state index contributed by atoms with van der Waals surface area (Å²) < 4.78 is 4.96. The zero-order chi connectivity index (χ0) is 20.5. The number of halogens is 2. The lowest BCUT2D eigenvalue weighted by atomic mass is 10.2. The van der Waals surface area contributed by atoms with Crippen LogP contribution in [0.4, 0.5) is 10.5 Å². The molecule has 1 N–H and O–H groups in total. The second-order valence-electron chi connectivity index (χ2n) is 6.01. The van der Waals surface area contributed by atoms with Gasteiger partial charge in [-0.3, -0.25) is 0 Å². The molecule has 6 nitrogen and oxygen atoms in total. The Morgan fingerprint density at radius 2 is 2.04 bits per heavy atom. The third kappa shape index (κ3) is 6.36. The summed E-state index contributed by atoms with van der Waals surface area (Å²) in [5, 5.41) is 5.77. The van der Waals surface area contributed by atoms with Gasteiger partial charge in [0.1, 0.15) is 5.01 Å². The maximum absolute atomic E-state index is 12.8. The van der Waals surface area contributed by atoms with Crippen molar-refractivity contribution in [3.05, 3.63) is 44.3 Å². The average molecular weight is 444 g/mol. The van der Waals surface area contributed by atoms with Gasteiger partial charge in [0.15, 0.2) is 5.69 Å². The fourth-order valence-electron chi connectivity index (χ4n) is 2.45. The van der Waals surface area contributed by atoms with Crippen LogP contribution in [0.5, 0.6) is 0 Å². The van der Waals surface area contributed by atoms with Crippen molar-refractivity contribution < 1.29 is 14.3 Å². The topological polar surface area (TPSA) is 71.5 Å². The molecule has 0 bridgehead atoms. The third-order valence-corrected chi connectivity index (χ3v) is 5.53. The normalized spacial score (nSPS) is 10.6. The van der Waals surface area contributed by atoms with E-state index in [0.717, 1.165) is 19.3 Å². The highest BCUT2D eigenvalue weighted by atomic mass is 35.5. The first-order valence-corrected chi connectivity index (χ1v) is 10.7. The van der Waals surface area contributed by atoms with Crippen LogP contribution in [0.1, 0.15) is 48.6 Å². The predicted molar refractivity (Wildman–Crippen MR) is 113 cm³/mol. The Morgan fingerprint density at radius 1 is 1.25 bits per heavy atom. The molecule has 2 amide bonds. The zero-order valence-corrected chi connectivity index (χ0v) is 18.2. The van der Waals surface area contributed by atoms with Gasteiger partial charge in [0, 0.05) is 11.9 Å². The van der Waals surface area contributed by atoms with Crippen molar-refractivity contribution in [2.75, 3.05) is 18.5 Å². The van der Waals surface area contributed by atoms with Crippen molar-refractivity contribution in [1.29, 1.82) is 0 Å². The molecule has 0 aliphatic heterocycles. The van der Waals surface area contributed by atoms with Gasteiger partial charge in [-0.15, -0.1) is 11.3 Å². The van der Waals surface area contributed by atoms with Crippen LogP contribution in [0.15, 0.2) is 23.6 Å². The monoisotopic (exact) mass is 443 g/mol. The predicted octanol–water partition coefficient (Wildman–Crippen LogP) is 5.85. The van der Waals surface area contributed by atoms with Gasteiger partial charge in [-0.25, -0.2) is 14.6 Å². The number of benzene rings is 1. The number of urea groups is 1. The number of hydrogen-bond donors (Lipinski definition) is 1. The van der Waals surface area contributed by atoms with Crippen molar-refractivity contribution in [3.8, 4) is 0 Å². The Labute approximate surface area is 178 Å². The standard InChI is InChI=1S/C19H23Cl2N3O3S/c1-3-5-6-10-24(11-16-22-15(12-28-16)18(25)27-4-2)19(26)23-14-9-7-8-13(20)17(14)21/h7-9,12H,3-6,10-11H2,1-2H3,(H,23,26). The summed E-state index contributed by atoms with van der Waals surface area (Å²) in [7, 11) is 0. The second-order valence-corrected chi connectivity index (χ2v) is 7.73. The van der Waals surface area contributed by atoms with E-state index < -0.39 is 5.97 Å². The number of esters is 1. The average Bonchev–Trinajstić information content (AvgIpc) is 3.14. The molecular formula is C19H23Cl2N3O3S. The second kappa shape index (κ2) is 11.2. The Bertz CT molecular complexity index is 813. The van der Waals surface area contributed by atoms with E-state index >= 15 is 0 Å². The fourth-order valence-corrected chi connectivity index (χ4v) is 3.57. The van der Waals surface area contributed by atoms with Crippen LogP contribution in [0.25, 0.3) is 0 Å². The Morgan fingerprint density at radius 3 is 2.75 bits per heavy atom. The fraction of sp³-hybridized carbons (Fsp3) is 0.421. The highest BCUT2D eigenvalue weighted by Crippen LogP contribution is 2.29. The molecule has 0 saturated heterocycles. The van der Waals surface area contributed by atoms with E-state index in [4.69, 9.17) is 27.9 Å². The van der Waals surface area contributed by atoms with Gasteiger partial charge in [0.05, 0.1) is 28.9 Å². The van der Waals surface area contributed by atoms with Crippen molar-refractivity contribution >= 4 is 52.2 Å². The molecule has 152 valence electrons. The lowest BCUT2D eigenvalue weighted by Gasteiger charge is -2.22. The molecule has 0 unspecified atom stereocenters. The highest BCUT2D eigenvalue weighted by Gasteiger charge is 2.19. The number of ether oxygens (including phenoxy) is 1. The maximum atomic E-state index is 12.8. The van der Waals surface area contributed by atoms with Crippen molar-refractivity contribution in [1.82, 2.24) is 9.88 Å². The largest absolute Gasteiger partial charge is 0.461 e. The number of thiazole rings is 1. The van der Waals surface area contributed by atoms with Gasteiger partial charge in [-0.2, -0.15) is 0 Å². The maximum Gasteiger partial charge on any atom is 0.357 e. The van der Waals surface area contributed by atoms with Crippen LogP contribution in [-0.2, 0) is 11.3 Å². The number of unbranched alkanes of at least 4 members (excludes halogenated alkanes) is 2. The Balaban J connectivity index is 2.11. The van der Waals surface area contributed by atoms with Crippen LogP contribution in [0.2, 0.25) is 10.0 Å². The molecule has 0 saturated carbocycles. The van der Waals surface area contributed by atoms with Crippen LogP contribution < -0.4 is 5.32 Å². The zero-order valence-electron chi connectivity index (χ0n) is 15.8. The van der Waals surface area contributed by atoms with Gasteiger partial charge >= 0.3 is 12.0 Å². The molecule has 9 heteroatoms. The van der Waals surface area contributed by atoms with Crippen molar-refractivity contribution in [2.24, 2.45) is 0 Å². The van der Waals surface area contributed by atoms with E-state index in [-0.39, 0.29) is 24.9 Å².